The van der Waals surface area contributed by atoms with Crippen LogP contribution < -0.4 is 0 Å². The highest BCUT2D eigenvalue weighted by Gasteiger charge is 2.31. The molecule has 1 aromatic carbocycles. The molecule has 0 saturated heterocycles. The lowest BCUT2D eigenvalue weighted by atomic mass is 10.1. The summed E-state index contributed by atoms with van der Waals surface area (Å²) in [7, 11) is 0. The molecule has 0 radical (unpaired) electrons. The first-order chi connectivity index (χ1) is 9.63. The summed E-state index contributed by atoms with van der Waals surface area (Å²) in [5.74, 6) is 0.295. The maximum absolute atomic E-state index is 12.6. The van der Waals surface area contributed by atoms with E-state index >= 15 is 0 Å². The molecule has 106 valence electrons. The van der Waals surface area contributed by atoms with Crippen molar-refractivity contribution in [2.24, 2.45) is 11.8 Å². The molecule has 20 heavy (non-hydrogen) atoms. The average molecular weight is 273 g/mol. The second kappa shape index (κ2) is 5.27. The van der Waals surface area contributed by atoms with Gasteiger partial charge in [0.2, 0.25) is 0 Å². The van der Waals surface area contributed by atoms with E-state index < -0.39 is 5.97 Å². The number of carbonyl (C=O) groups excluding carboxylic acids is 1. The van der Waals surface area contributed by atoms with Gasteiger partial charge in [-0.05, 0) is 55.7 Å². The van der Waals surface area contributed by atoms with Gasteiger partial charge >= 0.3 is 5.97 Å². The van der Waals surface area contributed by atoms with E-state index in [2.05, 4.69) is 0 Å². The van der Waals surface area contributed by atoms with Crippen molar-refractivity contribution < 1.29 is 14.7 Å². The largest absolute Gasteiger partial charge is 0.478 e. The Hall–Kier alpha value is -1.84. The van der Waals surface area contributed by atoms with Crippen molar-refractivity contribution in [3.05, 3.63) is 35.4 Å². The fourth-order valence-corrected chi connectivity index (χ4v) is 2.43. The molecule has 0 aliphatic heterocycles. The first kappa shape index (κ1) is 13.2. The fraction of sp³-hybridized carbons (Fsp3) is 0.500. The summed E-state index contributed by atoms with van der Waals surface area (Å²) in [5, 5.41) is 9.02. The summed E-state index contributed by atoms with van der Waals surface area (Å²) in [6, 6.07) is 6.35. The van der Waals surface area contributed by atoms with Crippen LogP contribution in [0.15, 0.2) is 24.3 Å². The predicted molar refractivity (Wildman–Crippen MR) is 74.8 cm³/mol. The summed E-state index contributed by atoms with van der Waals surface area (Å²) in [6.45, 7) is 1.65. The minimum absolute atomic E-state index is 0.0214. The minimum Gasteiger partial charge on any atom is -0.478 e. The molecule has 2 aliphatic carbocycles. The molecule has 4 nitrogen and oxygen atoms in total. The first-order valence-corrected chi connectivity index (χ1v) is 7.26. The van der Waals surface area contributed by atoms with Crippen LogP contribution in [0.2, 0.25) is 0 Å². The van der Waals surface area contributed by atoms with Gasteiger partial charge in [-0.2, -0.15) is 0 Å². The normalized spacial score (nSPS) is 17.8. The monoisotopic (exact) mass is 273 g/mol. The van der Waals surface area contributed by atoms with Gasteiger partial charge in [-0.25, -0.2) is 4.79 Å². The molecule has 1 amide bonds. The quantitative estimate of drug-likeness (QED) is 0.866. The Labute approximate surface area is 118 Å². The Morgan fingerprint density at radius 1 is 1.05 bits per heavy atom. The van der Waals surface area contributed by atoms with Crippen LogP contribution in [-0.2, 0) is 0 Å². The lowest BCUT2D eigenvalue weighted by Crippen LogP contribution is -2.34. The Kier molecular flexibility index (Phi) is 3.47. The number of benzene rings is 1. The van der Waals surface area contributed by atoms with Crippen molar-refractivity contribution in [1.82, 2.24) is 4.90 Å². The maximum atomic E-state index is 12.6. The zero-order valence-electron chi connectivity index (χ0n) is 11.4. The van der Waals surface area contributed by atoms with Gasteiger partial charge < -0.3 is 10.0 Å². The van der Waals surface area contributed by atoms with Gasteiger partial charge in [-0.15, -0.1) is 0 Å². The third kappa shape index (κ3) is 3.18. The SMILES string of the molecule is O=C(O)c1cccc(C(=O)N(CC2CC2)CC2CC2)c1. The van der Waals surface area contributed by atoms with E-state index in [0.717, 1.165) is 13.1 Å². The molecule has 0 spiro atoms. The van der Waals surface area contributed by atoms with Crippen LogP contribution in [0.4, 0.5) is 0 Å². The zero-order chi connectivity index (χ0) is 14.1. The number of hydrogen-bond donors (Lipinski definition) is 1. The maximum Gasteiger partial charge on any atom is 0.335 e. The van der Waals surface area contributed by atoms with Crippen LogP contribution in [0, 0.1) is 11.8 Å². The van der Waals surface area contributed by atoms with Crippen molar-refractivity contribution in [2.75, 3.05) is 13.1 Å². The Balaban J connectivity index is 1.76. The van der Waals surface area contributed by atoms with Crippen LogP contribution in [0.5, 0.6) is 0 Å². The Morgan fingerprint density at radius 3 is 2.10 bits per heavy atom. The zero-order valence-corrected chi connectivity index (χ0v) is 11.4. The van der Waals surface area contributed by atoms with Crippen LogP contribution in [0.1, 0.15) is 46.4 Å². The molecular weight excluding hydrogens is 254 g/mol. The number of hydrogen-bond acceptors (Lipinski definition) is 2. The van der Waals surface area contributed by atoms with Crippen LogP contribution in [-0.4, -0.2) is 35.0 Å². The number of nitrogens with zero attached hydrogens (tertiary/aromatic N) is 1. The third-order valence-electron chi connectivity index (χ3n) is 3.99. The smallest absolute Gasteiger partial charge is 0.335 e. The minimum atomic E-state index is -0.990. The standard InChI is InChI=1S/C16H19NO3/c18-15(13-2-1-3-14(8-13)16(19)20)17(9-11-4-5-11)10-12-6-7-12/h1-3,8,11-12H,4-7,9-10H2,(H,19,20). The van der Waals surface area contributed by atoms with Gasteiger partial charge in [0.1, 0.15) is 0 Å². The van der Waals surface area contributed by atoms with E-state index in [1.165, 1.54) is 37.8 Å². The van der Waals surface area contributed by atoms with Gasteiger partial charge in [0.05, 0.1) is 5.56 Å². The van der Waals surface area contributed by atoms with E-state index in [-0.39, 0.29) is 11.5 Å². The van der Waals surface area contributed by atoms with E-state index in [0.29, 0.717) is 17.4 Å². The van der Waals surface area contributed by atoms with Crippen molar-refractivity contribution >= 4 is 11.9 Å². The van der Waals surface area contributed by atoms with Gasteiger partial charge in [0, 0.05) is 18.7 Å². The van der Waals surface area contributed by atoms with Crippen molar-refractivity contribution in [3.63, 3.8) is 0 Å². The lowest BCUT2D eigenvalue weighted by molar-refractivity contribution is 0.0697. The van der Waals surface area contributed by atoms with E-state index in [4.69, 9.17) is 5.11 Å². The molecule has 2 aliphatic rings. The van der Waals surface area contributed by atoms with E-state index in [1.807, 2.05) is 4.90 Å². The molecule has 0 atom stereocenters. The number of carboxylic acid groups (broad SMARTS) is 1. The number of carbonyl (C=O) groups is 2. The summed E-state index contributed by atoms with van der Waals surface area (Å²) in [6.07, 6.45) is 4.85. The fourth-order valence-electron chi connectivity index (χ4n) is 2.43. The van der Waals surface area contributed by atoms with Crippen molar-refractivity contribution in [1.29, 1.82) is 0 Å². The molecule has 0 heterocycles. The molecule has 2 saturated carbocycles. The summed E-state index contributed by atoms with van der Waals surface area (Å²) >= 11 is 0. The predicted octanol–water partition coefficient (Wildman–Crippen LogP) is 2.65. The molecule has 1 N–H and O–H groups in total. The molecule has 0 unspecified atom stereocenters. The Bertz CT molecular complexity index is 518. The Morgan fingerprint density at radius 2 is 1.60 bits per heavy atom. The van der Waals surface area contributed by atoms with E-state index in [1.54, 1.807) is 12.1 Å². The van der Waals surface area contributed by atoms with Crippen LogP contribution in [0.3, 0.4) is 0 Å². The molecule has 1 aromatic rings. The lowest BCUT2D eigenvalue weighted by Gasteiger charge is -2.22. The van der Waals surface area contributed by atoms with Crippen LogP contribution in [0.25, 0.3) is 0 Å². The molecule has 3 rings (SSSR count). The molecule has 2 fully saturated rings. The number of rotatable bonds is 6. The molecular formula is C16H19NO3. The van der Waals surface area contributed by atoms with Crippen molar-refractivity contribution in [2.45, 2.75) is 25.7 Å². The highest BCUT2D eigenvalue weighted by Crippen LogP contribution is 2.34. The highest BCUT2D eigenvalue weighted by molar-refractivity contribution is 5.97. The third-order valence-corrected chi connectivity index (χ3v) is 3.99. The van der Waals surface area contributed by atoms with Crippen LogP contribution >= 0.6 is 0 Å². The van der Waals surface area contributed by atoms with E-state index in [9.17, 15) is 9.59 Å². The average Bonchev–Trinajstić information content (AvgIpc) is 3.32. The van der Waals surface area contributed by atoms with Gasteiger partial charge in [-0.1, -0.05) is 6.07 Å². The second-order valence-corrected chi connectivity index (χ2v) is 5.98. The highest BCUT2D eigenvalue weighted by atomic mass is 16.4. The number of carboxylic acids is 1. The summed E-state index contributed by atoms with van der Waals surface area (Å²) < 4.78 is 0. The number of amides is 1. The topological polar surface area (TPSA) is 57.6 Å². The number of aromatic carboxylic acids is 1. The van der Waals surface area contributed by atoms with Gasteiger partial charge in [0.25, 0.3) is 5.91 Å². The second-order valence-electron chi connectivity index (χ2n) is 5.98. The first-order valence-electron chi connectivity index (χ1n) is 7.26. The molecule has 0 aromatic heterocycles. The van der Waals surface area contributed by atoms with Crippen molar-refractivity contribution in [3.8, 4) is 0 Å². The molecule has 0 bridgehead atoms. The molecule has 4 heteroatoms. The van der Waals surface area contributed by atoms with Gasteiger partial charge in [0.15, 0.2) is 0 Å². The summed E-state index contributed by atoms with van der Waals surface area (Å²) in [4.78, 5) is 25.5. The van der Waals surface area contributed by atoms with Gasteiger partial charge in [-0.3, -0.25) is 4.79 Å². The summed E-state index contributed by atoms with van der Waals surface area (Å²) in [5.41, 5.74) is 0.667.